The van der Waals surface area contributed by atoms with Gasteiger partial charge in [0.05, 0.1) is 27.9 Å². The van der Waals surface area contributed by atoms with Gasteiger partial charge in [0.2, 0.25) is 0 Å². The van der Waals surface area contributed by atoms with Crippen LogP contribution in [-0.2, 0) is 13.6 Å². The summed E-state index contributed by atoms with van der Waals surface area (Å²) in [5.41, 5.74) is 12.1. The number of aromatic nitrogens is 3. The number of nitrogens with one attached hydrogen (secondary N) is 1. The lowest BCUT2D eigenvalue weighted by molar-refractivity contribution is 0.0709. The first-order chi connectivity index (χ1) is 15.1. The van der Waals surface area contributed by atoms with E-state index in [0.29, 0.717) is 12.1 Å². The van der Waals surface area contributed by atoms with E-state index in [1.165, 1.54) is 16.6 Å². The van der Waals surface area contributed by atoms with Gasteiger partial charge in [-0.1, -0.05) is 12.1 Å². The number of nitrogens with zero attached hydrogens (tertiary/aromatic N) is 4. The molecule has 4 aromatic rings. The van der Waals surface area contributed by atoms with Gasteiger partial charge < -0.3 is 25.1 Å². The zero-order chi connectivity index (χ0) is 21.1. The Kier molecular flexibility index (Phi) is 4.08. The largest absolute Gasteiger partial charge is 0.382 e. The van der Waals surface area contributed by atoms with Crippen LogP contribution in [-0.4, -0.2) is 50.6 Å². The molecule has 6 rings (SSSR count). The van der Waals surface area contributed by atoms with Gasteiger partial charge in [-0.05, 0) is 43.2 Å². The molecule has 158 valence electrons. The molecule has 1 amide bonds. The van der Waals surface area contributed by atoms with Crippen molar-refractivity contribution in [2.45, 2.75) is 25.4 Å². The molecule has 0 aliphatic carbocycles. The van der Waals surface area contributed by atoms with Gasteiger partial charge >= 0.3 is 0 Å². The predicted octanol–water partition coefficient (Wildman–Crippen LogP) is 3.18. The fraction of sp³-hybridized carbons (Fsp3) is 0.333. The third-order valence-corrected chi connectivity index (χ3v) is 6.67. The summed E-state index contributed by atoms with van der Waals surface area (Å²) in [6.45, 7) is 3.20. The summed E-state index contributed by atoms with van der Waals surface area (Å²) < 4.78 is 4.48. The first-order valence-electron chi connectivity index (χ1n) is 11.0. The number of piperidine rings is 1. The van der Waals surface area contributed by atoms with Crippen molar-refractivity contribution in [2.24, 2.45) is 12.8 Å². The molecule has 2 aromatic heterocycles. The van der Waals surface area contributed by atoms with Crippen LogP contribution in [0, 0.1) is 0 Å². The number of aryl methyl sites for hydroxylation is 1. The van der Waals surface area contributed by atoms with Crippen molar-refractivity contribution in [1.82, 2.24) is 19.0 Å². The van der Waals surface area contributed by atoms with Crippen LogP contribution in [0.4, 0.5) is 5.69 Å². The Bertz CT molecular complexity index is 1330. The zero-order valence-corrected chi connectivity index (χ0v) is 17.6. The van der Waals surface area contributed by atoms with Crippen molar-refractivity contribution in [1.29, 1.82) is 0 Å². The lowest BCUT2D eigenvalue weighted by atomic mass is 10.1. The number of imidazole rings is 1. The number of amides is 1. The van der Waals surface area contributed by atoms with Crippen LogP contribution >= 0.6 is 0 Å². The third-order valence-electron chi connectivity index (χ3n) is 6.67. The van der Waals surface area contributed by atoms with Gasteiger partial charge in [-0.2, -0.15) is 0 Å². The maximum atomic E-state index is 13.0. The van der Waals surface area contributed by atoms with Gasteiger partial charge in [-0.15, -0.1) is 0 Å². The number of likely N-dealkylation sites (tertiary alicyclic amines) is 1. The highest BCUT2D eigenvalue weighted by Crippen LogP contribution is 2.35. The second kappa shape index (κ2) is 6.85. The third kappa shape index (κ3) is 2.84. The summed E-state index contributed by atoms with van der Waals surface area (Å²) in [6.07, 6.45) is 1.95. The van der Waals surface area contributed by atoms with E-state index >= 15 is 0 Å². The monoisotopic (exact) mass is 414 g/mol. The molecule has 1 atom stereocenters. The van der Waals surface area contributed by atoms with Crippen LogP contribution in [0.1, 0.15) is 23.2 Å². The molecule has 0 unspecified atom stereocenters. The number of hydrogen-bond donors (Lipinski definition) is 2. The van der Waals surface area contributed by atoms with Crippen molar-refractivity contribution in [3.63, 3.8) is 0 Å². The number of anilines is 1. The minimum atomic E-state index is 0.0449. The molecule has 0 bridgehead atoms. The van der Waals surface area contributed by atoms with Crippen molar-refractivity contribution in [3.8, 4) is 11.5 Å². The van der Waals surface area contributed by atoms with Crippen LogP contribution < -0.4 is 11.1 Å². The normalized spacial score (nSPS) is 18.5. The van der Waals surface area contributed by atoms with Gasteiger partial charge in [-0.3, -0.25) is 4.79 Å². The van der Waals surface area contributed by atoms with E-state index in [1.54, 1.807) is 0 Å². The Balaban J connectivity index is 1.43. The summed E-state index contributed by atoms with van der Waals surface area (Å²) in [5.74, 6) is 0.965. The lowest BCUT2D eigenvalue weighted by Crippen LogP contribution is -2.45. The summed E-state index contributed by atoms with van der Waals surface area (Å²) in [6, 6.07) is 14.5. The summed E-state index contributed by atoms with van der Waals surface area (Å²) in [5, 5.41) is 4.70. The molecule has 7 nitrogen and oxygen atoms in total. The highest BCUT2D eigenvalue weighted by molar-refractivity contribution is 5.99. The molecule has 1 fully saturated rings. The van der Waals surface area contributed by atoms with E-state index in [2.05, 4.69) is 38.7 Å². The molecule has 2 aliphatic heterocycles. The number of carbonyl (C=O) groups is 1. The number of nitrogens with two attached hydrogens (primary N) is 1. The minimum Gasteiger partial charge on any atom is -0.382 e. The molecule has 0 radical (unpaired) electrons. The van der Waals surface area contributed by atoms with E-state index in [9.17, 15) is 4.79 Å². The predicted molar refractivity (Wildman–Crippen MR) is 123 cm³/mol. The van der Waals surface area contributed by atoms with Gasteiger partial charge in [0.1, 0.15) is 0 Å². The van der Waals surface area contributed by atoms with E-state index in [-0.39, 0.29) is 11.9 Å². The van der Waals surface area contributed by atoms with Crippen molar-refractivity contribution in [2.75, 3.05) is 25.0 Å². The number of para-hydroxylation sites is 1. The fourth-order valence-electron chi connectivity index (χ4n) is 5.13. The molecular formula is C24H26N6O. The van der Waals surface area contributed by atoms with Crippen LogP contribution in [0.2, 0.25) is 0 Å². The molecule has 7 heteroatoms. The van der Waals surface area contributed by atoms with E-state index in [1.807, 2.05) is 30.1 Å². The summed E-state index contributed by atoms with van der Waals surface area (Å²) >= 11 is 0. The maximum Gasteiger partial charge on any atom is 0.253 e. The SMILES string of the molecule is Cn1c(-c2cc3cccc4c3n2CCN4)nc2cc(C(=O)N3CCC[C@@H](N)C3)ccc21. The number of rotatable bonds is 2. The van der Waals surface area contributed by atoms with Crippen molar-refractivity contribution >= 4 is 33.5 Å². The highest BCUT2D eigenvalue weighted by atomic mass is 16.2. The number of hydrogen-bond acceptors (Lipinski definition) is 4. The van der Waals surface area contributed by atoms with E-state index in [4.69, 9.17) is 10.7 Å². The van der Waals surface area contributed by atoms with Crippen LogP contribution in [0.3, 0.4) is 0 Å². The van der Waals surface area contributed by atoms with Crippen molar-refractivity contribution < 1.29 is 4.79 Å². The Morgan fingerprint density at radius 3 is 2.97 bits per heavy atom. The molecule has 4 heterocycles. The molecular weight excluding hydrogens is 388 g/mol. The first-order valence-corrected chi connectivity index (χ1v) is 11.0. The molecule has 3 N–H and O–H groups in total. The maximum absolute atomic E-state index is 13.0. The molecule has 2 aliphatic rings. The van der Waals surface area contributed by atoms with Gasteiger partial charge in [0.25, 0.3) is 5.91 Å². The van der Waals surface area contributed by atoms with Crippen LogP contribution in [0.15, 0.2) is 42.5 Å². The second-order valence-electron chi connectivity index (χ2n) is 8.70. The molecule has 0 spiro atoms. The van der Waals surface area contributed by atoms with Gasteiger partial charge in [-0.25, -0.2) is 4.98 Å². The quantitative estimate of drug-likeness (QED) is 0.528. The van der Waals surface area contributed by atoms with Gasteiger partial charge in [0, 0.05) is 50.2 Å². The standard InChI is InChI=1S/C24H26N6O/c1-28-20-8-7-16(24(31)29-10-3-5-17(25)14-29)12-19(20)27-23(28)21-13-15-4-2-6-18-22(15)30(21)11-9-26-18/h2,4,6-8,12-13,17,26H,3,5,9-11,14,25H2,1H3/t17-/m1/s1. The van der Waals surface area contributed by atoms with Crippen LogP contribution in [0.5, 0.6) is 0 Å². The summed E-state index contributed by atoms with van der Waals surface area (Å²) in [7, 11) is 2.04. The number of fused-ring (bicyclic) bond motifs is 1. The summed E-state index contributed by atoms with van der Waals surface area (Å²) in [4.78, 5) is 19.9. The average molecular weight is 415 g/mol. The number of benzene rings is 2. The topological polar surface area (TPSA) is 81.1 Å². The Hall–Kier alpha value is -3.32. The number of carbonyl (C=O) groups excluding carboxylic acids is 1. The Morgan fingerprint density at radius 1 is 1.19 bits per heavy atom. The van der Waals surface area contributed by atoms with Gasteiger partial charge in [0.15, 0.2) is 5.82 Å². The lowest BCUT2D eigenvalue weighted by Gasteiger charge is -2.30. The van der Waals surface area contributed by atoms with Crippen molar-refractivity contribution in [3.05, 3.63) is 48.0 Å². The molecule has 1 saturated heterocycles. The molecule has 0 saturated carbocycles. The molecule has 2 aromatic carbocycles. The average Bonchev–Trinajstić information content (AvgIpc) is 3.32. The van der Waals surface area contributed by atoms with E-state index < -0.39 is 0 Å². The minimum absolute atomic E-state index is 0.0449. The van der Waals surface area contributed by atoms with E-state index in [0.717, 1.165) is 55.0 Å². The zero-order valence-electron chi connectivity index (χ0n) is 17.6. The molecule has 31 heavy (non-hydrogen) atoms. The fourth-order valence-corrected chi connectivity index (χ4v) is 5.13. The Labute approximate surface area is 180 Å². The second-order valence-corrected chi connectivity index (χ2v) is 8.70. The Morgan fingerprint density at radius 2 is 2.10 bits per heavy atom. The van der Waals surface area contributed by atoms with Crippen LogP contribution in [0.25, 0.3) is 33.5 Å². The smallest absolute Gasteiger partial charge is 0.253 e. The highest BCUT2D eigenvalue weighted by Gasteiger charge is 2.24. The first kappa shape index (κ1) is 18.4.